The second kappa shape index (κ2) is 6.99. The van der Waals surface area contributed by atoms with Gasteiger partial charge in [-0.15, -0.1) is 0 Å². The number of halogens is 1. The summed E-state index contributed by atoms with van der Waals surface area (Å²) in [6, 6.07) is 16.0. The van der Waals surface area contributed by atoms with E-state index in [1.807, 2.05) is 37.3 Å². The maximum atomic E-state index is 12.9. The van der Waals surface area contributed by atoms with Crippen LogP contribution in [-0.4, -0.2) is 15.3 Å². The minimum Gasteiger partial charge on any atom is -0.322 e. The van der Waals surface area contributed by atoms with Gasteiger partial charge in [-0.05, 0) is 50.2 Å². The van der Waals surface area contributed by atoms with Gasteiger partial charge in [-0.25, -0.2) is 4.68 Å². The molecule has 1 N–H and O–H groups in total. The van der Waals surface area contributed by atoms with Crippen molar-refractivity contribution in [3.63, 3.8) is 0 Å². The number of benzene rings is 2. The van der Waals surface area contributed by atoms with Gasteiger partial charge in [-0.3, -0.25) is 14.3 Å². The Bertz CT molecular complexity index is 957. The first-order chi connectivity index (χ1) is 12.0. The number of para-hydroxylation sites is 1. The molecule has 0 aliphatic carbocycles. The van der Waals surface area contributed by atoms with Gasteiger partial charge in [0.25, 0.3) is 11.5 Å². The first-order valence-electron chi connectivity index (χ1n) is 7.97. The zero-order valence-electron chi connectivity index (χ0n) is 14.0. The molecule has 0 unspecified atom stereocenters. The molecule has 1 amide bonds. The molecule has 0 atom stereocenters. The van der Waals surface area contributed by atoms with Crippen molar-refractivity contribution in [2.45, 2.75) is 20.4 Å². The molecule has 0 saturated carbocycles. The van der Waals surface area contributed by atoms with Crippen LogP contribution in [0.5, 0.6) is 0 Å². The molecule has 1 aromatic heterocycles. The normalized spacial score (nSPS) is 10.7. The number of hydrogen-bond acceptors (Lipinski definition) is 2. The van der Waals surface area contributed by atoms with Crippen molar-refractivity contribution in [2.75, 3.05) is 5.32 Å². The van der Waals surface area contributed by atoms with Crippen LogP contribution in [0, 0.1) is 6.92 Å². The molecule has 3 aromatic rings. The zero-order valence-corrected chi connectivity index (χ0v) is 14.7. The summed E-state index contributed by atoms with van der Waals surface area (Å²) in [6.45, 7) is 4.29. The molecule has 3 rings (SSSR count). The highest BCUT2D eigenvalue weighted by atomic mass is 35.5. The first-order valence-corrected chi connectivity index (χ1v) is 8.35. The summed E-state index contributed by atoms with van der Waals surface area (Å²) in [5.74, 6) is -0.429. The molecule has 25 heavy (non-hydrogen) atoms. The van der Waals surface area contributed by atoms with E-state index in [0.717, 1.165) is 5.69 Å². The Kier molecular flexibility index (Phi) is 4.76. The molecule has 0 spiro atoms. The fraction of sp³-hybridized carbons (Fsp3) is 0.158. The summed E-state index contributed by atoms with van der Waals surface area (Å²) in [4.78, 5) is 25.6. The van der Waals surface area contributed by atoms with Crippen LogP contribution in [0.3, 0.4) is 0 Å². The van der Waals surface area contributed by atoms with E-state index in [9.17, 15) is 9.59 Å². The molecule has 5 nitrogen and oxygen atoms in total. The quantitative estimate of drug-likeness (QED) is 0.772. The minimum absolute atomic E-state index is 0.139. The number of amides is 1. The van der Waals surface area contributed by atoms with Crippen molar-refractivity contribution >= 4 is 23.2 Å². The van der Waals surface area contributed by atoms with Crippen molar-refractivity contribution in [2.24, 2.45) is 0 Å². The van der Waals surface area contributed by atoms with E-state index in [1.54, 1.807) is 35.9 Å². The van der Waals surface area contributed by atoms with Gasteiger partial charge >= 0.3 is 0 Å². The van der Waals surface area contributed by atoms with Gasteiger partial charge in [0.2, 0.25) is 0 Å². The lowest BCUT2D eigenvalue weighted by Gasteiger charge is -2.10. The molecule has 6 heteroatoms. The van der Waals surface area contributed by atoms with E-state index >= 15 is 0 Å². The summed E-state index contributed by atoms with van der Waals surface area (Å²) in [6.07, 6.45) is 0. The van der Waals surface area contributed by atoms with Crippen LogP contribution in [0.1, 0.15) is 23.0 Å². The van der Waals surface area contributed by atoms with Gasteiger partial charge in [0.15, 0.2) is 0 Å². The number of carbonyl (C=O) groups is 1. The molecule has 1 heterocycles. The summed E-state index contributed by atoms with van der Waals surface area (Å²) in [5, 5.41) is 3.34. The molecule has 0 bridgehead atoms. The zero-order chi connectivity index (χ0) is 18.0. The number of rotatable bonds is 4. The van der Waals surface area contributed by atoms with Crippen molar-refractivity contribution in [1.82, 2.24) is 9.36 Å². The Balaban J connectivity index is 2.05. The van der Waals surface area contributed by atoms with Gasteiger partial charge < -0.3 is 5.32 Å². The van der Waals surface area contributed by atoms with Crippen LogP contribution < -0.4 is 10.9 Å². The van der Waals surface area contributed by atoms with Crippen molar-refractivity contribution in [1.29, 1.82) is 0 Å². The molecule has 0 saturated heterocycles. The Morgan fingerprint density at radius 3 is 2.32 bits per heavy atom. The molecular weight excluding hydrogens is 338 g/mol. The van der Waals surface area contributed by atoms with Gasteiger partial charge in [-0.1, -0.05) is 29.8 Å². The van der Waals surface area contributed by atoms with Crippen molar-refractivity contribution in [3.8, 4) is 5.69 Å². The maximum absolute atomic E-state index is 12.9. The number of carbonyl (C=O) groups excluding carboxylic acids is 1. The Hall–Kier alpha value is -2.79. The topological polar surface area (TPSA) is 56.0 Å². The second-order valence-corrected chi connectivity index (χ2v) is 6.03. The lowest BCUT2D eigenvalue weighted by molar-refractivity contribution is 0.102. The van der Waals surface area contributed by atoms with Crippen LogP contribution in [0.2, 0.25) is 5.02 Å². The third-order valence-corrected chi connectivity index (χ3v) is 4.28. The van der Waals surface area contributed by atoms with Gasteiger partial charge in [-0.2, -0.15) is 0 Å². The van der Waals surface area contributed by atoms with E-state index in [4.69, 9.17) is 11.6 Å². The summed E-state index contributed by atoms with van der Waals surface area (Å²) in [5.41, 5.74) is 1.74. The lowest BCUT2D eigenvalue weighted by atomic mass is 10.2. The van der Waals surface area contributed by atoms with E-state index in [-0.39, 0.29) is 11.1 Å². The Morgan fingerprint density at radius 1 is 1.08 bits per heavy atom. The number of anilines is 1. The van der Waals surface area contributed by atoms with Crippen LogP contribution in [0.15, 0.2) is 59.4 Å². The van der Waals surface area contributed by atoms with E-state index < -0.39 is 5.91 Å². The fourth-order valence-electron chi connectivity index (χ4n) is 2.84. The predicted molar refractivity (Wildman–Crippen MR) is 99.8 cm³/mol. The van der Waals surface area contributed by atoms with Gasteiger partial charge in [0.05, 0.1) is 11.4 Å². The van der Waals surface area contributed by atoms with Gasteiger partial charge in [0, 0.05) is 17.3 Å². The molecule has 0 aliphatic rings. The number of nitrogens with zero attached hydrogens (tertiary/aromatic N) is 2. The van der Waals surface area contributed by atoms with E-state index in [0.29, 0.717) is 22.9 Å². The highest BCUT2D eigenvalue weighted by molar-refractivity contribution is 6.30. The average Bonchev–Trinajstić information content (AvgIpc) is 2.87. The highest BCUT2D eigenvalue weighted by Gasteiger charge is 2.23. The smallest absolute Gasteiger partial charge is 0.284 e. The third-order valence-electron chi connectivity index (χ3n) is 4.03. The molecule has 0 radical (unpaired) electrons. The Labute approximate surface area is 150 Å². The summed E-state index contributed by atoms with van der Waals surface area (Å²) >= 11 is 5.86. The fourth-order valence-corrected chi connectivity index (χ4v) is 2.97. The molecule has 0 fully saturated rings. The predicted octanol–water partition coefficient (Wildman–Crippen LogP) is 3.87. The first kappa shape index (κ1) is 17.0. The summed E-state index contributed by atoms with van der Waals surface area (Å²) < 4.78 is 3.33. The van der Waals surface area contributed by atoms with Crippen LogP contribution >= 0.6 is 11.6 Å². The van der Waals surface area contributed by atoms with Crippen molar-refractivity contribution in [3.05, 3.63) is 81.2 Å². The average molecular weight is 356 g/mol. The van der Waals surface area contributed by atoms with Crippen LogP contribution in [0.25, 0.3) is 5.69 Å². The monoisotopic (exact) mass is 355 g/mol. The number of hydrogen-bond donors (Lipinski definition) is 1. The third kappa shape index (κ3) is 3.23. The maximum Gasteiger partial charge on any atom is 0.284 e. The van der Waals surface area contributed by atoms with E-state index in [1.165, 1.54) is 4.68 Å². The van der Waals surface area contributed by atoms with Crippen molar-refractivity contribution < 1.29 is 4.79 Å². The Morgan fingerprint density at radius 2 is 1.72 bits per heavy atom. The van der Waals surface area contributed by atoms with Gasteiger partial charge in [0.1, 0.15) is 5.56 Å². The second-order valence-electron chi connectivity index (χ2n) is 5.59. The van der Waals surface area contributed by atoms with Crippen LogP contribution in [-0.2, 0) is 6.54 Å². The molecule has 2 aromatic carbocycles. The van der Waals surface area contributed by atoms with E-state index in [2.05, 4.69) is 5.32 Å². The molecular formula is C19H18ClN3O2. The number of nitrogens with one attached hydrogen (secondary N) is 1. The van der Waals surface area contributed by atoms with Crippen LogP contribution in [0.4, 0.5) is 5.69 Å². The SMILES string of the molecule is CCn1c(C)c(C(=O)Nc2ccc(Cl)cc2)c(=O)n1-c1ccccc1. The standard InChI is InChI=1S/C19H18ClN3O2/c1-3-22-13(2)17(18(24)21-15-11-9-14(20)10-12-15)19(25)23(22)16-7-5-4-6-8-16/h4-12H,3H2,1-2H3,(H,21,24). The minimum atomic E-state index is -0.429. The highest BCUT2D eigenvalue weighted by Crippen LogP contribution is 2.16. The summed E-state index contributed by atoms with van der Waals surface area (Å²) in [7, 11) is 0. The largest absolute Gasteiger partial charge is 0.322 e. The number of aromatic nitrogens is 2. The molecule has 0 aliphatic heterocycles. The molecule has 128 valence electrons. The lowest BCUT2D eigenvalue weighted by Crippen LogP contribution is -2.25.